The highest BCUT2D eigenvalue weighted by Crippen LogP contribution is 2.69. The van der Waals surface area contributed by atoms with Crippen LogP contribution in [0.25, 0.3) is 0 Å². The fourth-order valence-corrected chi connectivity index (χ4v) is 11.6. The predicted molar refractivity (Wildman–Crippen MR) is 129 cm³/mol. The lowest BCUT2D eigenvalue weighted by Crippen LogP contribution is -2.64. The number of sulfone groups is 1. The highest BCUT2D eigenvalue weighted by molar-refractivity contribution is 7.92. The molecule has 0 N–H and O–H groups in total. The monoisotopic (exact) mass is 644 g/mol. The van der Waals surface area contributed by atoms with Gasteiger partial charge in [-0.25, -0.2) is 8.42 Å². The fourth-order valence-electron chi connectivity index (χ4n) is 7.97. The van der Waals surface area contributed by atoms with Gasteiger partial charge in [-0.15, -0.1) is 0 Å². The Bertz CT molecular complexity index is 1460. The topological polar surface area (TPSA) is 121 Å². The molecule has 230 valence electrons. The summed E-state index contributed by atoms with van der Waals surface area (Å²) in [6.45, 7) is 7.68. The Morgan fingerprint density at radius 3 is 1.93 bits per heavy atom. The third-order valence-electron chi connectivity index (χ3n) is 9.59. The third kappa shape index (κ3) is 4.84. The molecule has 0 aromatic rings. The largest absolute Gasteiger partial charge is 0.534 e. The zero-order valence-corrected chi connectivity index (χ0v) is 24.4. The van der Waals surface area contributed by atoms with Crippen LogP contribution in [0.1, 0.15) is 59.8 Å². The maximum Gasteiger partial charge on any atom is 0.534 e. The van der Waals surface area contributed by atoms with Crippen LogP contribution in [-0.2, 0) is 38.4 Å². The molecular formula is C23H30F6O8S3. The van der Waals surface area contributed by atoms with Crippen molar-refractivity contribution < 1.29 is 60.0 Å². The van der Waals surface area contributed by atoms with E-state index in [-0.39, 0.29) is 17.8 Å². The number of halogens is 6. The molecule has 2 unspecified atom stereocenters. The lowest BCUT2D eigenvalue weighted by atomic mass is 9.41. The Morgan fingerprint density at radius 2 is 1.38 bits per heavy atom. The van der Waals surface area contributed by atoms with E-state index in [0.717, 1.165) is 12.8 Å². The molecule has 0 amide bonds. The van der Waals surface area contributed by atoms with Gasteiger partial charge in [0.05, 0.1) is 11.0 Å². The van der Waals surface area contributed by atoms with E-state index in [0.29, 0.717) is 25.0 Å². The third-order valence-corrected chi connectivity index (χ3v) is 13.6. The minimum atomic E-state index is -6.42. The molecule has 3 aliphatic carbocycles. The molecule has 3 fully saturated rings. The number of fused-ring (bicyclic) bond motifs is 5. The Labute approximate surface area is 229 Å². The van der Waals surface area contributed by atoms with Crippen LogP contribution in [0.5, 0.6) is 0 Å². The van der Waals surface area contributed by atoms with Crippen molar-refractivity contribution in [2.24, 2.45) is 34.0 Å². The van der Waals surface area contributed by atoms with Gasteiger partial charge in [-0.2, -0.15) is 43.2 Å². The molecule has 1 aliphatic heterocycles. The molecule has 17 heteroatoms. The van der Waals surface area contributed by atoms with Crippen molar-refractivity contribution in [1.29, 1.82) is 0 Å². The maximum atomic E-state index is 13.7. The second-order valence-electron chi connectivity index (χ2n) is 12.4. The summed E-state index contributed by atoms with van der Waals surface area (Å²) in [5.41, 5.74) is -13.9. The van der Waals surface area contributed by atoms with Crippen LogP contribution in [0.2, 0.25) is 0 Å². The van der Waals surface area contributed by atoms with E-state index < -0.39 is 86.3 Å². The Balaban J connectivity index is 1.90. The molecule has 0 aromatic heterocycles. The van der Waals surface area contributed by atoms with E-state index in [2.05, 4.69) is 22.2 Å². The molecule has 8 nitrogen and oxygen atoms in total. The molecule has 6 atom stereocenters. The van der Waals surface area contributed by atoms with Gasteiger partial charge < -0.3 is 8.37 Å². The first-order valence-electron chi connectivity index (χ1n) is 12.5. The van der Waals surface area contributed by atoms with Gasteiger partial charge in [-0.1, -0.05) is 34.1 Å². The quantitative estimate of drug-likeness (QED) is 0.234. The van der Waals surface area contributed by atoms with Crippen molar-refractivity contribution in [2.75, 3.05) is 5.75 Å². The summed E-state index contributed by atoms with van der Waals surface area (Å²) in [7, 11) is -17.2. The second kappa shape index (κ2) is 9.01. The van der Waals surface area contributed by atoms with Gasteiger partial charge in [-0.3, -0.25) is 0 Å². The molecule has 0 bridgehead atoms. The van der Waals surface area contributed by atoms with Gasteiger partial charge >= 0.3 is 31.3 Å². The number of allylic oxidation sites excluding steroid dienone is 2. The Kier molecular flexibility index (Phi) is 7.08. The van der Waals surface area contributed by atoms with Crippen molar-refractivity contribution in [3.8, 4) is 0 Å². The van der Waals surface area contributed by atoms with Crippen LogP contribution >= 0.6 is 0 Å². The van der Waals surface area contributed by atoms with Gasteiger partial charge in [0.1, 0.15) is 11.5 Å². The van der Waals surface area contributed by atoms with E-state index in [1.807, 2.05) is 6.92 Å². The first-order chi connectivity index (χ1) is 17.8. The number of alkyl halides is 6. The average molecular weight is 645 g/mol. The summed E-state index contributed by atoms with van der Waals surface area (Å²) in [5, 5.41) is -1.90. The first kappa shape index (κ1) is 31.4. The summed E-state index contributed by atoms with van der Waals surface area (Å²) in [5.74, 6) is -5.12. The summed E-state index contributed by atoms with van der Waals surface area (Å²) in [6, 6.07) is 0. The maximum absolute atomic E-state index is 13.7. The zero-order chi connectivity index (χ0) is 30.5. The smallest absolute Gasteiger partial charge is 0.380 e. The van der Waals surface area contributed by atoms with Gasteiger partial charge in [0.2, 0.25) is 0 Å². The second-order valence-corrected chi connectivity index (χ2v) is 17.6. The van der Waals surface area contributed by atoms with E-state index in [4.69, 9.17) is 0 Å². The molecule has 0 aromatic carbocycles. The summed E-state index contributed by atoms with van der Waals surface area (Å²) < 4.78 is 162. The van der Waals surface area contributed by atoms with E-state index in [1.54, 1.807) is 6.92 Å². The standard InChI is InChI=1S/C23H30F6O8S3/c1-19(2)7-5-8-20(3)16(19)6-9-21(4)17(20)12-38(30,31)15-11-13(36-39(32,33)22(24,25)26)10-14(18(15)21)37-40(34,35)23(27,28)29/h10-11,15-18H,5-9,12H2,1-4H3/t15?,16-,17+,18?,20-,21+/m0/s1. The lowest BCUT2D eigenvalue weighted by Gasteiger charge is -2.66. The molecule has 0 radical (unpaired) electrons. The molecule has 4 aliphatic rings. The summed E-state index contributed by atoms with van der Waals surface area (Å²) >= 11 is 0. The van der Waals surface area contributed by atoms with Crippen LogP contribution in [-0.4, -0.2) is 47.3 Å². The van der Waals surface area contributed by atoms with Crippen LogP contribution in [0.4, 0.5) is 26.3 Å². The molecule has 40 heavy (non-hydrogen) atoms. The molecule has 1 saturated heterocycles. The number of rotatable bonds is 4. The van der Waals surface area contributed by atoms with Crippen molar-refractivity contribution in [2.45, 2.75) is 76.1 Å². The Hall–Kier alpha value is -1.49. The highest BCUT2D eigenvalue weighted by Gasteiger charge is 2.67. The Morgan fingerprint density at radius 1 is 0.825 bits per heavy atom. The molecular weight excluding hydrogens is 614 g/mol. The average Bonchev–Trinajstić information content (AvgIpc) is 2.72. The van der Waals surface area contributed by atoms with Crippen LogP contribution in [0.3, 0.4) is 0 Å². The van der Waals surface area contributed by atoms with Crippen LogP contribution in [0, 0.1) is 34.0 Å². The first-order valence-corrected chi connectivity index (χ1v) is 17.0. The minimum Gasteiger partial charge on any atom is -0.380 e. The molecule has 4 rings (SSSR count). The van der Waals surface area contributed by atoms with Crippen molar-refractivity contribution >= 4 is 30.1 Å². The van der Waals surface area contributed by atoms with Crippen LogP contribution < -0.4 is 0 Å². The van der Waals surface area contributed by atoms with Crippen molar-refractivity contribution in [1.82, 2.24) is 0 Å². The van der Waals surface area contributed by atoms with Gasteiger partial charge in [-0.05, 0) is 59.8 Å². The van der Waals surface area contributed by atoms with Gasteiger partial charge in [0.15, 0.2) is 9.84 Å². The number of hydrogen-bond acceptors (Lipinski definition) is 8. The summed E-state index contributed by atoms with van der Waals surface area (Å²) in [6.07, 6.45) is 3.93. The van der Waals surface area contributed by atoms with E-state index in [1.165, 1.54) is 0 Å². The fraction of sp³-hybridized carbons (Fsp3) is 0.826. The number of hydrogen-bond donors (Lipinski definition) is 0. The zero-order valence-electron chi connectivity index (χ0n) is 22.0. The SMILES string of the molecule is CC1(C)CCC[C@]2(C)[C@H]3CS(=O)(=O)C4C=C(OS(=O)(=O)C(F)(F)F)C=C(OS(=O)(=O)C(F)(F)F)C4[C@]3(C)CC[C@@H]12. The van der Waals surface area contributed by atoms with Crippen molar-refractivity contribution in [3.05, 3.63) is 23.7 Å². The van der Waals surface area contributed by atoms with Gasteiger partial charge in [0, 0.05) is 12.0 Å². The highest BCUT2D eigenvalue weighted by atomic mass is 32.2. The lowest BCUT2D eigenvalue weighted by molar-refractivity contribution is -0.140. The van der Waals surface area contributed by atoms with Crippen molar-refractivity contribution in [3.63, 3.8) is 0 Å². The van der Waals surface area contributed by atoms with E-state index in [9.17, 15) is 51.6 Å². The normalized spacial score (nSPS) is 37.6. The van der Waals surface area contributed by atoms with E-state index >= 15 is 0 Å². The molecule has 2 saturated carbocycles. The molecule has 0 spiro atoms. The van der Waals surface area contributed by atoms with Crippen LogP contribution in [0.15, 0.2) is 23.7 Å². The predicted octanol–water partition coefficient (Wildman–Crippen LogP) is 5.16. The minimum absolute atomic E-state index is 0.0424. The summed E-state index contributed by atoms with van der Waals surface area (Å²) in [4.78, 5) is 0. The van der Waals surface area contributed by atoms with Gasteiger partial charge in [0.25, 0.3) is 0 Å². The molecule has 1 heterocycles.